The van der Waals surface area contributed by atoms with Gasteiger partial charge in [-0.05, 0) is 66.7 Å². The first-order chi connectivity index (χ1) is 14.2. The van der Waals surface area contributed by atoms with Crippen LogP contribution in [-0.2, 0) is 13.0 Å². The van der Waals surface area contributed by atoms with Crippen LogP contribution in [0.15, 0.2) is 56.8 Å². The molecule has 0 radical (unpaired) electrons. The Hall–Kier alpha value is -2.62. The Morgan fingerprint density at radius 1 is 1.34 bits per heavy atom. The van der Waals surface area contributed by atoms with Crippen molar-refractivity contribution >= 4 is 39.7 Å². The minimum atomic E-state index is -0.340. The van der Waals surface area contributed by atoms with Crippen molar-refractivity contribution in [1.82, 2.24) is 19.2 Å². The van der Waals surface area contributed by atoms with E-state index in [1.807, 2.05) is 18.2 Å². The van der Waals surface area contributed by atoms with Gasteiger partial charge in [-0.25, -0.2) is 9.78 Å². The molecule has 0 amide bonds. The van der Waals surface area contributed by atoms with Gasteiger partial charge in [-0.15, -0.1) is 0 Å². The summed E-state index contributed by atoms with van der Waals surface area (Å²) in [6, 6.07) is 12.0. The Morgan fingerprint density at radius 2 is 2.28 bits per heavy atom. The van der Waals surface area contributed by atoms with Crippen molar-refractivity contribution in [2.45, 2.75) is 30.8 Å². The number of benzene rings is 2. The summed E-state index contributed by atoms with van der Waals surface area (Å²) in [7, 11) is 0. The number of rotatable bonds is 5. The summed E-state index contributed by atoms with van der Waals surface area (Å²) < 4.78 is 14.4. The van der Waals surface area contributed by atoms with E-state index in [2.05, 4.69) is 44.5 Å². The summed E-state index contributed by atoms with van der Waals surface area (Å²) in [5.74, 6) is -0.340. The van der Waals surface area contributed by atoms with E-state index in [1.54, 1.807) is 4.57 Å². The summed E-state index contributed by atoms with van der Waals surface area (Å²) >= 11 is 2.70. The van der Waals surface area contributed by atoms with Crippen molar-refractivity contribution < 1.29 is 4.42 Å². The van der Waals surface area contributed by atoms with Gasteiger partial charge < -0.3 is 14.5 Å². The minimum absolute atomic E-state index is 0.114. The van der Waals surface area contributed by atoms with Gasteiger partial charge in [0.05, 0.1) is 11.6 Å². The zero-order valence-corrected chi connectivity index (χ0v) is 17.3. The van der Waals surface area contributed by atoms with Crippen LogP contribution >= 0.6 is 23.5 Å². The standard InChI is InChI=1S/C20H19N5O2S2/c1-12(15-4-2-3-13-7-8-21-10-16(13)15)25-17-6-5-14(9-18(17)27-20(25)26)28-24-19-22-11-23-29-19/h2-6,9,11-12,21H,7-8,10H2,1H3,(H,22,23,24). The number of aromatic nitrogens is 3. The first-order valence-electron chi connectivity index (χ1n) is 9.37. The first kappa shape index (κ1) is 18.4. The quantitative estimate of drug-likeness (QED) is 0.470. The number of fused-ring (bicyclic) bond motifs is 2. The summed E-state index contributed by atoms with van der Waals surface area (Å²) in [5, 5.41) is 4.16. The van der Waals surface area contributed by atoms with E-state index in [-0.39, 0.29) is 11.8 Å². The lowest BCUT2D eigenvalue weighted by molar-refractivity contribution is 0.486. The van der Waals surface area contributed by atoms with Crippen molar-refractivity contribution in [1.29, 1.82) is 0 Å². The van der Waals surface area contributed by atoms with Crippen molar-refractivity contribution in [3.63, 3.8) is 0 Å². The number of nitrogens with one attached hydrogen (secondary N) is 2. The Balaban J connectivity index is 1.49. The van der Waals surface area contributed by atoms with Gasteiger partial charge in [0, 0.05) is 23.0 Å². The third kappa shape index (κ3) is 3.45. The molecule has 2 N–H and O–H groups in total. The molecular weight excluding hydrogens is 406 g/mol. The number of anilines is 1. The lowest BCUT2D eigenvalue weighted by atomic mass is 9.92. The molecule has 0 saturated heterocycles. The molecule has 2 aromatic heterocycles. The predicted molar refractivity (Wildman–Crippen MR) is 116 cm³/mol. The molecular formula is C20H19N5O2S2. The van der Waals surface area contributed by atoms with E-state index in [0.29, 0.717) is 5.58 Å². The van der Waals surface area contributed by atoms with Gasteiger partial charge in [0.1, 0.15) is 6.33 Å². The number of oxazole rings is 1. The van der Waals surface area contributed by atoms with Crippen LogP contribution in [0.25, 0.3) is 11.1 Å². The van der Waals surface area contributed by atoms with Crippen LogP contribution in [0.1, 0.15) is 29.7 Å². The largest absolute Gasteiger partial charge is 0.420 e. The molecule has 0 aliphatic carbocycles. The minimum Gasteiger partial charge on any atom is -0.408 e. The summed E-state index contributed by atoms with van der Waals surface area (Å²) in [4.78, 5) is 17.7. The zero-order chi connectivity index (χ0) is 19.8. The normalized spacial score (nSPS) is 14.7. The van der Waals surface area contributed by atoms with E-state index < -0.39 is 0 Å². The van der Waals surface area contributed by atoms with Gasteiger partial charge in [0.25, 0.3) is 0 Å². The lowest BCUT2D eigenvalue weighted by Gasteiger charge is -2.24. The molecule has 9 heteroatoms. The third-order valence-corrected chi connectivity index (χ3v) is 6.72. The molecule has 148 valence electrons. The molecule has 29 heavy (non-hydrogen) atoms. The Labute approximate surface area is 175 Å². The summed E-state index contributed by atoms with van der Waals surface area (Å²) in [6.45, 7) is 3.88. The van der Waals surface area contributed by atoms with Crippen molar-refractivity contribution in [2.24, 2.45) is 0 Å². The Bertz CT molecular complexity index is 1220. The fourth-order valence-corrected chi connectivity index (χ4v) is 4.96. The van der Waals surface area contributed by atoms with Crippen LogP contribution < -0.4 is 15.8 Å². The van der Waals surface area contributed by atoms with Gasteiger partial charge in [-0.1, -0.05) is 18.2 Å². The Morgan fingerprint density at radius 3 is 3.14 bits per heavy atom. The molecule has 4 aromatic rings. The van der Waals surface area contributed by atoms with Gasteiger partial charge in [-0.3, -0.25) is 4.57 Å². The molecule has 1 aliphatic rings. The van der Waals surface area contributed by atoms with Gasteiger partial charge in [0.2, 0.25) is 5.13 Å². The summed E-state index contributed by atoms with van der Waals surface area (Å²) in [6.07, 6.45) is 2.52. The van der Waals surface area contributed by atoms with E-state index in [9.17, 15) is 4.79 Å². The van der Waals surface area contributed by atoms with Crippen LogP contribution in [0.3, 0.4) is 0 Å². The highest BCUT2D eigenvalue weighted by Gasteiger charge is 2.22. The van der Waals surface area contributed by atoms with E-state index in [1.165, 1.54) is 40.9 Å². The van der Waals surface area contributed by atoms with E-state index in [4.69, 9.17) is 4.42 Å². The van der Waals surface area contributed by atoms with Crippen LogP contribution in [-0.4, -0.2) is 20.5 Å². The highest BCUT2D eigenvalue weighted by atomic mass is 32.2. The summed E-state index contributed by atoms with van der Waals surface area (Å²) in [5.41, 5.74) is 5.19. The van der Waals surface area contributed by atoms with E-state index in [0.717, 1.165) is 40.6 Å². The SMILES string of the molecule is CC(c1cccc2c1CNCC2)n1c(=O)oc2cc(SNc3ncns3)ccc21. The van der Waals surface area contributed by atoms with Crippen LogP contribution in [0, 0.1) is 0 Å². The zero-order valence-electron chi connectivity index (χ0n) is 15.7. The monoisotopic (exact) mass is 425 g/mol. The fraction of sp³-hybridized carbons (Fsp3) is 0.250. The molecule has 1 atom stereocenters. The maximum atomic E-state index is 12.7. The molecule has 5 rings (SSSR count). The topological polar surface area (TPSA) is 85.0 Å². The van der Waals surface area contributed by atoms with Gasteiger partial charge >= 0.3 is 5.76 Å². The second kappa shape index (κ2) is 7.66. The van der Waals surface area contributed by atoms with Crippen molar-refractivity contribution in [2.75, 3.05) is 11.3 Å². The number of hydrogen-bond acceptors (Lipinski definition) is 8. The molecule has 0 spiro atoms. The predicted octanol–water partition coefficient (Wildman–Crippen LogP) is 3.82. The third-order valence-electron chi connectivity index (χ3n) is 5.22. The molecule has 2 aromatic carbocycles. The molecule has 3 heterocycles. The highest BCUT2D eigenvalue weighted by molar-refractivity contribution is 8.00. The maximum Gasteiger partial charge on any atom is 0.420 e. The highest BCUT2D eigenvalue weighted by Crippen LogP contribution is 2.30. The second-order valence-electron chi connectivity index (χ2n) is 6.91. The first-order valence-corrected chi connectivity index (χ1v) is 11.0. The second-order valence-corrected chi connectivity index (χ2v) is 8.57. The number of nitrogens with zero attached hydrogens (tertiary/aromatic N) is 3. The molecule has 0 bridgehead atoms. The van der Waals surface area contributed by atoms with Crippen molar-refractivity contribution in [3.8, 4) is 0 Å². The molecule has 7 nitrogen and oxygen atoms in total. The Kier molecular flexibility index (Phi) is 4.86. The van der Waals surface area contributed by atoms with E-state index >= 15 is 0 Å². The smallest absolute Gasteiger partial charge is 0.408 e. The lowest BCUT2D eigenvalue weighted by Crippen LogP contribution is -2.27. The van der Waals surface area contributed by atoms with Crippen LogP contribution in [0.4, 0.5) is 5.13 Å². The van der Waals surface area contributed by atoms with Gasteiger partial charge in [0.15, 0.2) is 5.58 Å². The van der Waals surface area contributed by atoms with Crippen LogP contribution in [0.2, 0.25) is 0 Å². The average Bonchev–Trinajstić information content (AvgIpc) is 3.38. The molecule has 0 saturated carbocycles. The van der Waals surface area contributed by atoms with Crippen molar-refractivity contribution in [3.05, 3.63) is 70.0 Å². The number of hydrogen-bond donors (Lipinski definition) is 2. The fourth-order valence-electron chi connectivity index (χ4n) is 3.84. The molecule has 1 aliphatic heterocycles. The van der Waals surface area contributed by atoms with Gasteiger partial charge in [-0.2, -0.15) is 4.37 Å². The maximum absolute atomic E-state index is 12.7. The van der Waals surface area contributed by atoms with Crippen LogP contribution in [0.5, 0.6) is 0 Å². The molecule has 1 unspecified atom stereocenters. The molecule has 0 fully saturated rings. The average molecular weight is 426 g/mol.